The van der Waals surface area contributed by atoms with Gasteiger partial charge in [-0.2, -0.15) is 0 Å². The zero-order chi connectivity index (χ0) is 20.6. The molecule has 0 aliphatic carbocycles. The van der Waals surface area contributed by atoms with Gasteiger partial charge >= 0.3 is 6.09 Å². The van der Waals surface area contributed by atoms with Crippen LogP contribution in [0.25, 0.3) is 0 Å². The molecule has 0 radical (unpaired) electrons. The number of amides is 1. The molecule has 0 bridgehead atoms. The second kappa shape index (κ2) is 7.50. The van der Waals surface area contributed by atoms with E-state index in [0.29, 0.717) is 34.1 Å². The Balaban J connectivity index is 2.14. The van der Waals surface area contributed by atoms with E-state index in [0.717, 1.165) is 0 Å². The van der Waals surface area contributed by atoms with Crippen LogP contribution in [-0.2, 0) is 11.2 Å². The Kier molecular flexibility index (Phi) is 5.43. The van der Waals surface area contributed by atoms with Gasteiger partial charge in [0.2, 0.25) is 0 Å². The number of ether oxygens (including phenoxy) is 1. The Bertz CT molecular complexity index is 942. The molecule has 2 aromatic rings. The Morgan fingerprint density at radius 1 is 1.32 bits per heavy atom. The first-order chi connectivity index (χ1) is 13.1. The van der Waals surface area contributed by atoms with Crippen LogP contribution >= 0.6 is 15.9 Å². The Morgan fingerprint density at radius 3 is 2.64 bits per heavy atom. The van der Waals surface area contributed by atoms with Crippen molar-refractivity contribution in [1.82, 2.24) is 0 Å². The molecule has 6 nitrogen and oxygen atoms in total. The number of nitro groups is 1. The van der Waals surface area contributed by atoms with Crippen molar-refractivity contribution in [2.24, 2.45) is 0 Å². The van der Waals surface area contributed by atoms with Gasteiger partial charge in [0, 0.05) is 16.6 Å². The summed E-state index contributed by atoms with van der Waals surface area (Å²) in [5.74, 6) is -0.393. The third-order valence-electron chi connectivity index (χ3n) is 4.40. The predicted molar refractivity (Wildman–Crippen MR) is 107 cm³/mol. The molecule has 28 heavy (non-hydrogen) atoms. The van der Waals surface area contributed by atoms with E-state index in [1.54, 1.807) is 32.9 Å². The number of nitrogens with zero attached hydrogens (tertiary/aromatic N) is 2. The van der Waals surface area contributed by atoms with E-state index in [1.165, 1.54) is 29.2 Å². The molecule has 1 unspecified atom stereocenters. The molecule has 1 amide bonds. The zero-order valence-corrected chi connectivity index (χ0v) is 17.3. The van der Waals surface area contributed by atoms with E-state index in [9.17, 15) is 19.3 Å². The molecular formula is C20H20BrFN2O4. The lowest BCUT2D eigenvalue weighted by Gasteiger charge is -2.38. The lowest BCUT2D eigenvalue weighted by atomic mass is 9.91. The van der Waals surface area contributed by atoms with Crippen molar-refractivity contribution in [3.05, 3.63) is 67.9 Å². The van der Waals surface area contributed by atoms with Gasteiger partial charge in [-0.25, -0.2) is 9.18 Å². The van der Waals surface area contributed by atoms with Gasteiger partial charge in [0.05, 0.1) is 16.7 Å². The molecule has 3 rings (SSSR count). The topological polar surface area (TPSA) is 72.7 Å². The third-order valence-corrected chi connectivity index (χ3v) is 5.01. The molecule has 0 spiro atoms. The maximum atomic E-state index is 13.8. The number of carbonyl (C=O) groups is 1. The van der Waals surface area contributed by atoms with Crippen LogP contribution in [0.5, 0.6) is 0 Å². The summed E-state index contributed by atoms with van der Waals surface area (Å²) in [6.07, 6.45) is 0.414. The van der Waals surface area contributed by atoms with Gasteiger partial charge in [-0.3, -0.25) is 15.0 Å². The average molecular weight is 451 g/mol. The van der Waals surface area contributed by atoms with Gasteiger partial charge in [-0.05, 0) is 72.8 Å². The fourth-order valence-corrected chi connectivity index (χ4v) is 4.02. The maximum absolute atomic E-state index is 13.8. The second-order valence-corrected chi connectivity index (χ2v) is 8.51. The Morgan fingerprint density at radius 2 is 2.04 bits per heavy atom. The van der Waals surface area contributed by atoms with Gasteiger partial charge in [0.1, 0.15) is 11.4 Å². The largest absolute Gasteiger partial charge is 0.443 e. The number of anilines is 1. The van der Waals surface area contributed by atoms with Crippen molar-refractivity contribution in [3.8, 4) is 0 Å². The minimum Gasteiger partial charge on any atom is -0.443 e. The smallest absolute Gasteiger partial charge is 0.415 e. The highest BCUT2D eigenvalue weighted by molar-refractivity contribution is 9.10. The molecule has 1 atom stereocenters. The third kappa shape index (κ3) is 4.16. The first-order valence-electron chi connectivity index (χ1n) is 8.81. The summed E-state index contributed by atoms with van der Waals surface area (Å²) >= 11 is 3.38. The van der Waals surface area contributed by atoms with Crippen molar-refractivity contribution >= 4 is 33.4 Å². The summed E-state index contributed by atoms with van der Waals surface area (Å²) in [6.45, 7) is 5.29. The van der Waals surface area contributed by atoms with Crippen molar-refractivity contribution in [1.29, 1.82) is 0 Å². The first-order valence-corrected chi connectivity index (χ1v) is 9.60. The number of fused-ring (bicyclic) bond motifs is 1. The molecule has 1 aliphatic heterocycles. The van der Waals surface area contributed by atoms with Crippen LogP contribution in [0.1, 0.15) is 44.4 Å². The fourth-order valence-electron chi connectivity index (χ4n) is 3.34. The number of non-ortho nitro benzene ring substituents is 1. The standard InChI is InChI=1S/C20H20BrFN2O4/c1-20(2,3)28-19(25)23-17(12-5-4-6-14(22)9-12)8-7-13-10-15(24(26)27)11-16(21)18(13)23/h4-6,9-11,17H,7-8H2,1-3H3. The molecule has 0 saturated heterocycles. The lowest BCUT2D eigenvalue weighted by molar-refractivity contribution is -0.385. The lowest BCUT2D eigenvalue weighted by Crippen LogP contribution is -2.42. The quantitative estimate of drug-likeness (QED) is 0.420. The summed E-state index contributed by atoms with van der Waals surface area (Å²) in [7, 11) is 0. The van der Waals surface area contributed by atoms with Gasteiger partial charge in [-0.15, -0.1) is 0 Å². The normalized spacial score (nSPS) is 16.5. The highest BCUT2D eigenvalue weighted by Gasteiger charge is 2.37. The van der Waals surface area contributed by atoms with Crippen LogP contribution in [0.2, 0.25) is 0 Å². The monoisotopic (exact) mass is 450 g/mol. The molecular weight excluding hydrogens is 431 g/mol. The highest BCUT2D eigenvalue weighted by Crippen LogP contribution is 2.45. The van der Waals surface area contributed by atoms with Gasteiger partial charge in [0.25, 0.3) is 5.69 Å². The van der Waals surface area contributed by atoms with Crippen LogP contribution in [0, 0.1) is 15.9 Å². The van der Waals surface area contributed by atoms with Crippen molar-refractivity contribution in [3.63, 3.8) is 0 Å². The van der Waals surface area contributed by atoms with E-state index in [1.807, 2.05) is 0 Å². The average Bonchev–Trinajstić information content (AvgIpc) is 2.59. The van der Waals surface area contributed by atoms with Gasteiger partial charge in [0.15, 0.2) is 0 Å². The van der Waals surface area contributed by atoms with Crippen LogP contribution in [0.15, 0.2) is 40.9 Å². The molecule has 0 saturated carbocycles. The molecule has 148 valence electrons. The van der Waals surface area contributed by atoms with E-state index in [4.69, 9.17) is 4.74 Å². The van der Waals surface area contributed by atoms with E-state index < -0.39 is 28.5 Å². The van der Waals surface area contributed by atoms with Crippen LogP contribution < -0.4 is 4.90 Å². The van der Waals surface area contributed by atoms with Gasteiger partial charge in [-0.1, -0.05) is 12.1 Å². The zero-order valence-electron chi connectivity index (χ0n) is 15.7. The predicted octanol–water partition coefficient (Wildman–Crippen LogP) is 5.93. The van der Waals surface area contributed by atoms with Gasteiger partial charge < -0.3 is 4.74 Å². The number of carbonyl (C=O) groups excluding carboxylic acids is 1. The van der Waals surface area contributed by atoms with E-state index >= 15 is 0 Å². The van der Waals surface area contributed by atoms with Crippen molar-refractivity contribution in [2.75, 3.05) is 4.90 Å². The first kappa shape index (κ1) is 20.3. The highest BCUT2D eigenvalue weighted by atomic mass is 79.9. The molecule has 0 fully saturated rings. The van der Waals surface area contributed by atoms with Crippen LogP contribution in [0.4, 0.5) is 20.6 Å². The van der Waals surface area contributed by atoms with E-state index in [-0.39, 0.29) is 5.69 Å². The SMILES string of the molecule is CC(C)(C)OC(=O)N1c2c(Br)cc([N+](=O)[O-])cc2CCC1c1cccc(F)c1. The Hall–Kier alpha value is -2.48. The fraction of sp³-hybridized carbons (Fsp3) is 0.350. The summed E-state index contributed by atoms with van der Waals surface area (Å²) in [5.41, 5.74) is 1.04. The summed E-state index contributed by atoms with van der Waals surface area (Å²) in [6, 6.07) is 8.48. The number of rotatable bonds is 2. The number of hydrogen-bond donors (Lipinski definition) is 0. The maximum Gasteiger partial charge on any atom is 0.415 e. The number of hydrogen-bond acceptors (Lipinski definition) is 4. The van der Waals surface area contributed by atoms with Crippen LogP contribution in [0.3, 0.4) is 0 Å². The summed E-state index contributed by atoms with van der Waals surface area (Å²) < 4.78 is 19.8. The Labute approximate surface area is 170 Å². The number of halogens is 2. The number of benzene rings is 2. The van der Waals surface area contributed by atoms with E-state index in [2.05, 4.69) is 15.9 Å². The number of nitro benzene ring substituents is 1. The molecule has 8 heteroatoms. The number of aryl methyl sites for hydroxylation is 1. The molecule has 0 N–H and O–H groups in total. The molecule has 1 heterocycles. The summed E-state index contributed by atoms with van der Waals surface area (Å²) in [5, 5.41) is 11.2. The molecule has 0 aromatic heterocycles. The van der Waals surface area contributed by atoms with Crippen molar-refractivity contribution < 1.29 is 18.8 Å². The molecule has 2 aromatic carbocycles. The van der Waals surface area contributed by atoms with Crippen LogP contribution in [-0.4, -0.2) is 16.6 Å². The summed E-state index contributed by atoms with van der Waals surface area (Å²) in [4.78, 5) is 25.3. The minimum absolute atomic E-state index is 0.0565. The second-order valence-electron chi connectivity index (χ2n) is 7.65. The molecule has 1 aliphatic rings. The van der Waals surface area contributed by atoms with Crippen molar-refractivity contribution in [2.45, 2.75) is 45.3 Å². The minimum atomic E-state index is -0.728.